The maximum Gasteiger partial charge on any atom is 0.144 e. The molecule has 0 N–H and O–H groups in total. The second kappa shape index (κ2) is 7.03. The molecule has 0 aliphatic rings. The van der Waals surface area contributed by atoms with Crippen molar-refractivity contribution in [1.82, 2.24) is 9.97 Å². The number of nitrogens with zero attached hydrogens (tertiary/aromatic N) is 2. The van der Waals surface area contributed by atoms with Crippen LogP contribution in [0.25, 0.3) is 55.1 Å². The summed E-state index contributed by atoms with van der Waals surface area (Å²) >= 11 is 0. The van der Waals surface area contributed by atoms with Gasteiger partial charge < -0.3 is 4.42 Å². The zero-order chi connectivity index (χ0) is 21.8. The molecular weight excluding hydrogens is 392 g/mol. The van der Waals surface area contributed by atoms with Gasteiger partial charge in [-0.15, -0.1) is 0 Å². The van der Waals surface area contributed by atoms with Crippen molar-refractivity contribution in [2.75, 3.05) is 0 Å². The van der Waals surface area contributed by atoms with E-state index in [-0.39, 0.29) is 0 Å². The van der Waals surface area contributed by atoms with E-state index >= 15 is 0 Å². The van der Waals surface area contributed by atoms with E-state index in [2.05, 4.69) is 73.2 Å². The Balaban J connectivity index is 1.76. The number of pyridine rings is 2. The van der Waals surface area contributed by atoms with Gasteiger partial charge in [0.2, 0.25) is 0 Å². The molecule has 0 radical (unpaired) electrons. The third kappa shape index (κ3) is 2.75. The molecule has 3 aromatic heterocycles. The number of aromatic nitrogens is 2. The third-order valence-corrected chi connectivity index (χ3v) is 6.42. The zero-order valence-corrected chi connectivity index (χ0v) is 18.3. The molecule has 32 heavy (non-hydrogen) atoms. The first-order valence-electron chi connectivity index (χ1n) is 10.8. The fraction of sp³-hybridized carbons (Fsp3) is 0.103. The number of rotatable bonds is 2. The molecule has 3 nitrogen and oxygen atoms in total. The van der Waals surface area contributed by atoms with E-state index in [0.717, 1.165) is 44.1 Å². The minimum Gasteiger partial charge on any atom is -0.455 e. The summed E-state index contributed by atoms with van der Waals surface area (Å²) in [5, 5.41) is 4.58. The molecule has 3 heteroatoms. The summed E-state index contributed by atoms with van der Waals surface area (Å²) in [5.41, 5.74) is 9.74. The molecule has 0 aliphatic heterocycles. The molecule has 0 aliphatic carbocycles. The van der Waals surface area contributed by atoms with Crippen molar-refractivity contribution in [2.45, 2.75) is 20.8 Å². The molecule has 0 bridgehead atoms. The summed E-state index contributed by atoms with van der Waals surface area (Å²) in [6.45, 7) is 6.51. The van der Waals surface area contributed by atoms with Crippen LogP contribution >= 0.6 is 0 Å². The maximum absolute atomic E-state index is 6.66. The first kappa shape index (κ1) is 18.8. The monoisotopic (exact) mass is 414 g/mol. The van der Waals surface area contributed by atoms with Gasteiger partial charge in [0.1, 0.15) is 11.2 Å². The number of hydrogen-bond acceptors (Lipinski definition) is 3. The number of furan rings is 1. The minimum atomic E-state index is 0.876. The van der Waals surface area contributed by atoms with Crippen LogP contribution in [0.3, 0.4) is 0 Å². The fourth-order valence-corrected chi connectivity index (χ4v) is 4.78. The lowest BCUT2D eigenvalue weighted by Gasteiger charge is -2.14. The maximum atomic E-state index is 6.66. The predicted molar refractivity (Wildman–Crippen MR) is 132 cm³/mol. The van der Waals surface area contributed by atoms with Gasteiger partial charge in [-0.3, -0.25) is 9.97 Å². The van der Waals surface area contributed by atoms with Crippen molar-refractivity contribution in [3.63, 3.8) is 0 Å². The van der Waals surface area contributed by atoms with Crippen LogP contribution in [0.4, 0.5) is 0 Å². The van der Waals surface area contributed by atoms with Crippen molar-refractivity contribution in [3.8, 4) is 22.4 Å². The Bertz CT molecular complexity index is 1650. The number of benzene rings is 3. The first-order chi connectivity index (χ1) is 15.6. The van der Waals surface area contributed by atoms with Crippen LogP contribution in [0.2, 0.25) is 0 Å². The highest BCUT2D eigenvalue weighted by Gasteiger charge is 2.19. The summed E-state index contributed by atoms with van der Waals surface area (Å²) in [6.07, 6.45) is 5.64. The lowest BCUT2D eigenvalue weighted by atomic mass is 9.90. The molecular formula is C29H22N2O. The van der Waals surface area contributed by atoms with Crippen molar-refractivity contribution < 1.29 is 4.42 Å². The highest BCUT2D eigenvalue weighted by molar-refractivity contribution is 6.15. The number of fused-ring (bicyclic) bond motifs is 4. The van der Waals surface area contributed by atoms with Crippen molar-refractivity contribution in [2.24, 2.45) is 0 Å². The molecule has 0 saturated heterocycles. The molecule has 0 unspecified atom stereocenters. The van der Waals surface area contributed by atoms with Gasteiger partial charge in [0.05, 0.1) is 5.69 Å². The van der Waals surface area contributed by atoms with Gasteiger partial charge >= 0.3 is 0 Å². The van der Waals surface area contributed by atoms with Crippen molar-refractivity contribution in [1.29, 1.82) is 0 Å². The SMILES string of the molecule is Cc1cc(-c2c(C)c(C)cc3ccncc23)c2oc3c(-c4ccccn4)cccc3c2c1. The van der Waals surface area contributed by atoms with E-state index in [1.165, 1.54) is 27.6 Å². The van der Waals surface area contributed by atoms with Crippen LogP contribution in [-0.2, 0) is 0 Å². The second-order valence-corrected chi connectivity index (χ2v) is 8.48. The van der Waals surface area contributed by atoms with Crippen LogP contribution in [0, 0.1) is 20.8 Å². The highest BCUT2D eigenvalue weighted by Crippen LogP contribution is 2.43. The Kier molecular flexibility index (Phi) is 4.12. The van der Waals surface area contributed by atoms with Crippen LogP contribution < -0.4 is 0 Å². The van der Waals surface area contributed by atoms with E-state index in [1.54, 1.807) is 0 Å². The zero-order valence-electron chi connectivity index (χ0n) is 18.3. The third-order valence-electron chi connectivity index (χ3n) is 6.42. The second-order valence-electron chi connectivity index (χ2n) is 8.48. The smallest absolute Gasteiger partial charge is 0.144 e. The first-order valence-corrected chi connectivity index (χ1v) is 10.8. The topological polar surface area (TPSA) is 38.9 Å². The molecule has 0 fully saturated rings. The van der Waals surface area contributed by atoms with E-state index in [4.69, 9.17) is 4.42 Å². The highest BCUT2D eigenvalue weighted by atomic mass is 16.3. The molecule has 0 atom stereocenters. The molecule has 6 aromatic rings. The Labute approximate surface area is 186 Å². The summed E-state index contributed by atoms with van der Waals surface area (Å²) in [6, 6.07) is 21.0. The lowest BCUT2D eigenvalue weighted by molar-refractivity contribution is 0.671. The molecule has 3 aromatic carbocycles. The summed E-state index contributed by atoms with van der Waals surface area (Å²) in [5.74, 6) is 0. The van der Waals surface area contributed by atoms with Gasteiger partial charge in [0, 0.05) is 45.9 Å². The Hall–Kier alpha value is -3.98. The quantitative estimate of drug-likeness (QED) is 0.290. The number of para-hydroxylation sites is 1. The van der Waals surface area contributed by atoms with Gasteiger partial charge in [-0.1, -0.05) is 24.3 Å². The van der Waals surface area contributed by atoms with Crippen molar-refractivity contribution >= 4 is 32.7 Å². The Morgan fingerprint density at radius 1 is 0.719 bits per heavy atom. The number of hydrogen-bond donors (Lipinski definition) is 0. The lowest BCUT2D eigenvalue weighted by Crippen LogP contribution is -1.92. The summed E-state index contributed by atoms with van der Waals surface area (Å²) in [7, 11) is 0. The average Bonchev–Trinajstić information content (AvgIpc) is 3.19. The average molecular weight is 415 g/mol. The van der Waals surface area contributed by atoms with Crippen LogP contribution in [0.1, 0.15) is 16.7 Å². The van der Waals surface area contributed by atoms with E-state index in [9.17, 15) is 0 Å². The van der Waals surface area contributed by atoms with Gasteiger partial charge in [0.15, 0.2) is 0 Å². The minimum absolute atomic E-state index is 0.876. The molecule has 154 valence electrons. The van der Waals surface area contributed by atoms with Gasteiger partial charge in [-0.05, 0) is 84.8 Å². The van der Waals surface area contributed by atoms with Crippen molar-refractivity contribution in [3.05, 3.63) is 95.9 Å². The largest absolute Gasteiger partial charge is 0.455 e. The molecule has 0 amide bonds. The summed E-state index contributed by atoms with van der Waals surface area (Å²) in [4.78, 5) is 9.00. The predicted octanol–water partition coefficient (Wildman–Crippen LogP) is 7.79. The van der Waals surface area contributed by atoms with E-state index in [1.807, 2.05) is 36.8 Å². The normalized spacial score (nSPS) is 11.6. The summed E-state index contributed by atoms with van der Waals surface area (Å²) < 4.78 is 6.66. The van der Waals surface area contributed by atoms with Crippen LogP contribution in [0.15, 0.2) is 83.7 Å². The Morgan fingerprint density at radius 3 is 2.44 bits per heavy atom. The van der Waals surface area contributed by atoms with Crippen LogP contribution in [-0.4, -0.2) is 9.97 Å². The van der Waals surface area contributed by atoms with E-state index < -0.39 is 0 Å². The Morgan fingerprint density at radius 2 is 1.59 bits per heavy atom. The fourth-order valence-electron chi connectivity index (χ4n) is 4.78. The van der Waals surface area contributed by atoms with E-state index in [0.29, 0.717) is 0 Å². The standard InChI is InChI=1S/C29H22N2O/c1-17-13-23-21-7-6-8-22(26-9-4-5-11-31-26)28(21)32-29(23)24(14-17)27-19(3)18(2)15-20-10-12-30-16-25(20)27/h4-16H,1-3H3. The molecule has 0 spiro atoms. The van der Waals surface area contributed by atoms with Gasteiger partial charge in [-0.2, -0.15) is 0 Å². The molecule has 3 heterocycles. The van der Waals surface area contributed by atoms with Gasteiger partial charge in [0.25, 0.3) is 0 Å². The number of aryl methyl sites for hydroxylation is 2. The molecule has 0 saturated carbocycles. The van der Waals surface area contributed by atoms with Gasteiger partial charge in [-0.25, -0.2) is 0 Å². The molecule has 6 rings (SSSR count). The van der Waals surface area contributed by atoms with Crippen LogP contribution in [0.5, 0.6) is 0 Å².